The van der Waals surface area contributed by atoms with Gasteiger partial charge < -0.3 is 5.32 Å². The number of alkyl halides is 4. The third-order valence-electron chi connectivity index (χ3n) is 1.47. The summed E-state index contributed by atoms with van der Waals surface area (Å²) in [7, 11) is 0. The fraction of sp³-hybridized carbons (Fsp3) is 0.429. The number of halogens is 4. The minimum Gasteiger partial charge on any atom is -0.344 e. The highest BCUT2D eigenvalue weighted by Gasteiger charge is 2.40. The van der Waals surface area contributed by atoms with Crippen LogP contribution in [0.1, 0.15) is 10.5 Å². The average molecular weight is 242 g/mol. The van der Waals surface area contributed by atoms with Crippen LogP contribution in [0.4, 0.5) is 17.6 Å². The zero-order valence-electron chi connectivity index (χ0n) is 7.21. The molecular formula is C7H6F4N2OS. The number of carbonyl (C=O) groups excluding carboxylic acids is 1. The zero-order chi connectivity index (χ0) is 11.5. The predicted octanol–water partition coefficient (Wildman–Crippen LogP) is 1.77. The number of thiazole rings is 1. The SMILES string of the molecule is O=C(NCC(F)(F)C(F)F)c1cscn1. The number of carbonyl (C=O) groups is 1. The van der Waals surface area contributed by atoms with E-state index < -0.39 is 24.8 Å². The smallest absolute Gasteiger partial charge is 0.324 e. The van der Waals surface area contributed by atoms with Crippen LogP contribution in [0.25, 0.3) is 0 Å². The lowest BCUT2D eigenvalue weighted by Crippen LogP contribution is -2.41. The lowest BCUT2D eigenvalue weighted by atomic mass is 10.3. The van der Waals surface area contributed by atoms with Crippen molar-refractivity contribution < 1.29 is 22.4 Å². The Morgan fingerprint density at radius 2 is 2.27 bits per heavy atom. The standard InChI is InChI=1S/C7H6F4N2OS/c8-6(9)7(10,11)2-12-5(14)4-1-15-3-13-4/h1,3,6H,2H2,(H,12,14). The molecule has 1 N–H and O–H groups in total. The Morgan fingerprint density at radius 3 is 2.73 bits per heavy atom. The molecular weight excluding hydrogens is 236 g/mol. The minimum absolute atomic E-state index is 0.0648. The number of aromatic nitrogens is 1. The number of rotatable bonds is 4. The third-order valence-corrected chi connectivity index (χ3v) is 2.06. The van der Waals surface area contributed by atoms with Crippen LogP contribution in [0.5, 0.6) is 0 Å². The highest BCUT2D eigenvalue weighted by Crippen LogP contribution is 2.21. The van der Waals surface area contributed by atoms with E-state index in [1.165, 1.54) is 10.9 Å². The molecule has 8 heteroatoms. The van der Waals surface area contributed by atoms with E-state index in [4.69, 9.17) is 0 Å². The first kappa shape index (κ1) is 11.9. The van der Waals surface area contributed by atoms with Gasteiger partial charge >= 0.3 is 12.3 Å². The Hall–Kier alpha value is -1.18. The fourth-order valence-corrected chi connectivity index (χ4v) is 1.22. The van der Waals surface area contributed by atoms with Crippen molar-refractivity contribution in [1.82, 2.24) is 10.3 Å². The first-order valence-electron chi connectivity index (χ1n) is 3.76. The van der Waals surface area contributed by atoms with E-state index in [1.54, 1.807) is 5.32 Å². The summed E-state index contributed by atoms with van der Waals surface area (Å²) in [5, 5.41) is 3.01. The molecule has 0 bridgehead atoms. The van der Waals surface area contributed by atoms with Crippen LogP contribution in [-0.4, -0.2) is 29.8 Å². The van der Waals surface area contributed by atoms with Crippen molar-refractivity contribution in [3.05, 3.63) is 16.6 Å². The Morgan fingerprint density at radius 1 is 1.60 bits per heavy atom. The van der Waals surface area contributed by atoms with Crippen molar-refractivity contribution >= 4 is 17.2 Å². The maximum absolute atomic E-state index is 12.4. The largest absolute Gasteiger partial charge is 0.344 e. The molecule has 0 spiro atoms. The number of amides is 1. The van der Waals surface area contributed by atoms with Crippen LogP contribution in [-0.2, 0) is 0 Å². The van der Waals surface area contributed by atoms with Crippen LogP contribution >= 0.6 is 11.3 Å². The molecule has 15 heavy (non-hydrogen) atoms. The van der Waals surface area contributed by atoms with Gasteiger partial charge in [0, 0.05) is 5.38 Å². The summed E-state index contributed by atoms with van der Waals surface area (Å²) in [6, 6.07) is 0. The molecule has 0 aromatic carbocycles. The van der Waals surface area contributed by atoms with Crippen LogP contribution in [0, 0.1) is 0 Å². The van der Waals surface area contributed by atoms with Gasteiger partial charge in [0.15, 0.2) is 0 Å². The second kappa shape index (κ2) is 4.56. The molecule has 0 aliphatic heterocycles. The van der Waals surface area contributed by atoms with Gasteiger partial charge in [-0.3, -0.25) is 4.79 Å². The van der Waals surface area contributed by atoms with E-state index in [2.05, 4.69) is 4.98 Å². The van der Waals surface area contributed by atoms with Gasteiger partial charge in [0.25, 0.3) is 5.91 Å². The Kier molecular flexibility index (Phi) is 3.61. The maximum Gasteiger partial charge on any atom is 0.324 e. The summed E-state index contributed by atoms with van der Waals surface area (Å²) in [5.41, 5.74) is 1.27. The highest BCUT2D eigenvalue weighted by atomic mass is 32.1. The molecule has 0 atom stereocenters. The fourth-order valence-electron chi connectivity index (χ4n) is 0.691. The van der Waals surface area contributed by atoms with E-state index in [9.17, 15) is 22.4 Å². The molecule has 1 aromatic rings. The van der Waals surface area contributed by atoms with E-state index >= 15 is 0 Å². The van der Waals surface area contributed by atoms with Crippen molar-refractivity contribution in [3.8, 4) is 0 Å². The summed E-state index contributed by atoms with van der Waals surface area (Å²) in [6.45, 7) is -1.40. The monoisotopic (exact) mass is 242 g/mol. The summed E-state index contributed by atoms with van der Waals surface area (Å²) in [6.07, 6.45) is -3.80. The van der Waals surface area contributed by atoms with Crippen molar-refractivity contribution in [2.75, 3.05) is 6.54 Å². The molecule has 1 rings (SSSR count). The molecule has 1 aromatic heterocycles. The average Bonchev–Trinajstić information content (AvgIpc) is 2.66. The van der Waals surface area contributed by atoms with E-state index in [1.807, 2.05) is 0 Å². The van der Waals surface area contributed by atoms with Crippen molar-refractivity contribution in [1.29, 1.82) is 0 Å². The Bertz CT molecular complexity index is 328. The maximum atomic E-state index is 12.4. The minimum atomic E-state index is -4.22. The molecule has 0 saturated heterocycles. The summed E-state index contributed by atoms with van der Waals surface area (Å²) in [5.74, 6) is -5.11. The molecule has 3 nitrogen and oxygen atoms in total. The zero-order valence-corrected chi connectivity index (χ0v) is 8.03. The van der Waals surface area contributed by atoms with Crippen LogP contribution in [0.2, 0.25) is 0 Å². The second-order valence-corrected chi connectivity index (χ2v) is 3.34. The molecule has 1 heterocycles. The van der Waals surface area contributed by atoms with Crippen molar-refractivity contribution in [2.24, 2.45) is 0 Å². The lowest BCUT2D eigenvalue weighted by Gasteiger charge is -2.14. The van der Waals surface area contributed by atoms with E-state index in [0.717, 1.165) is 11.3 Å². The van der Waals surface area contributed by atoms with Gasteiger partial charge in [0.05, 0.1) is 12.1 Å². The second-order valence-electron chi connectivity index (χ2n) is 2.62. The highest BCUT2D eigenvalue weighted by molar-refractivity contribution is 7.07. The molecule has 84 valence electrons. The lowest BCUT2D eigenvalue weighted by molar-refractivity contribution is -0.123. The van der Waals surface area contributed by atoms with Gasteiger partial charge in [0.2, 0.25) is 0 Å². The summed E-state index contributed by atoms with van der Waals surface area (Å²) >= 11 is 1.10. The van der Waals surface area contributed by atoms with Gasteiger partial charge in [-0.1, -0.05) is 0 Å². The van der Waals surface area contributed by atoms with Crippen molar-refractivity contribution in [3.63, 3.8) is 0 Å². The first-order chi connectivity index (χ1) is 6.93. The van der Waals surface area contributed by atoms with Crippen molar-refractivity contribution in [2.45, 2.75) is 12.3 Å². The van der Waals surface area contributed by atoms with Gasteiger partial charge in [-0.2, -0.15) is 8.78 Å². The van der Waals surface area contributed by atoms with E-state index in [-0.39, 0.29) is 5.69 Å². The molecule has 0 unspecified atom stereocenters. The summed E-state index contributed by atoms with van der Waals surface area (Å²) in [4.78, 5) is 14.6. The Labute approximate surface area is 86.1 Å². The van der Waals surface area contributed by atoms with Crippen LogP contribution in [0.3, 0.4) is 0 Å². The number of nitrogens with one attached hydrogen (secondary N) is 1. The van der Waals surface area contributed by atoms with Crippen LogP contribution < -0.4 is 5.32 Å². The Balaban J connectivity index is 2.48. The predicted molar refractivity (Wildman–Crippen MR) is 45.4 cm³/mol. The number of hydrogen-bond acceptors (Lipinski definition) is 3. The first-order valence-corrected chi connectivity index (χ1v) is 4.70. The number of nitrogens with zero attached hydrogens (tertiary/aromatic N) is 1. The molecule has 1 amide bonds. The third kappa shape index (κ3) is 3.15. The summed E-state index contributed by atoms with van der Waals surface area (Å²) < 4.78 is 48.1. The quantitative estimate of drug-likeness (QED) is 0.817. The van der Waals surface area contributed by atoms with Crippen LogP contribution in [0.15, 0.2) is 10.9 Å². The van der Waals surface area contributed by atoms with Gasteiger partial charge in [-0.15, -0.1) is 11.3 Å². The molecule has 0 saturated carbocycles. The molecule has 0 radical (unpaired) electrons. The van der Waals surface area contributed by atoms with E-state index in [0.29, 0.717) is 0 Å². The topological polar surface area (TPSA) is 42.0 Å². The molecule has 0 aliphatic rings. The molecule has 0 fully saturated rings. The van der Waals surface area contributed by atoms with Gasteiger partial charge in [-0.05, 0) is 0 Å². The molecule has 0 aliphatic carbocycles. The normalized spacial score (nSPS) is 11.8. The number of hydrogen-bond donors (Lipinski definition) is 1. The van der Waals surface area contributed by atoms with Gasteiger partial charge in [-0.25, -0.2) is 13.8 Å². The van der Waals surface area contributed by atoms with Gasteiger partial charge in [0.1, 0.15) is 5.69 Å².